The molecule has 6 nitrogen and oxygen atoms in total. The SMILES string of the molecule is CC1COC(c2ccccc2)CN1C(=O)[C@H]1CNC[C@@H]1c1cnn(C)c1. The number of morpholine rings is 1. The number of benzene rings is 1. The minimum atomic E-state index is -0.0532. The van der Waals surface area contributed by atoms with E-state index >= 15 is 0 Å². The predicted octanol–water partition coefficient (Wildman–Crippen LogP) is 1.71. The van der Waals surface area contributed by atoms with Crippen molar-refractivity contribution < 1.29 is 9.53 Å². The molecule has 1 N–H and O–H groups in total. The van der Waals surface area contributed by atoms with Gasteiger partial charge in [-0.25, -0.2) is 0 Å². The Labute approximate surface area is 154 Å². The van der Waals surface area contributed by atoms with Crippen LogP contribution in [0.5, 0.6) is 0 Å². The Morgan fingerprint density at radius 1 is 1.23 bits per heavy atom. The summed E-state index contributed by atoms with van der Waals surface area (Å²) in [5, 5.41) is 7.67. The molecule has 1 aromatic heterocycles. The zero-order chi connectivity index (χ0) is 18.1. The number of aryl methyl sites for hydroxylation is 1. The molecule has 0 saturated carbocycles. The molecule has 0 aliphatic carbocycles. The first kappa shape index (κ1) is 17.2. The summed E-state index contributed by atoms with van der Waals surface area (Å²) in [6.45, 7) is 4.80. The highest BCUT2D eigenvalue weighted by Crippen LogP contribution is 2.32. The van der Waals surface area contributed by atoms with Gasteiger partial charge in [0.25, 0.3) is 0 Å². The molecule has 2 saturated heterocycles. The molecule has 2 fully saturated rings. The van der Waals surface area contributed by atoms with Crippen LogP contribution >= 0.6 is 0 Å². The third kappa shape index (κ3) is 3.27. The van der Waals surface area contributed by atoms with Crippen LogP contribution in [0.4, 0.5) is 0 Å². The number of hydrogen-bond donors (Lipinski definition) is 1. The average Bonchev–Trinajstić information content (AvgIpc) is 3.31. The Hall–Kier alpha value is -2.18. The number of hydrogen-bond acceptors (Lipinski definition) is 4. The highest BCUT2D eigenvalue weighted by molar-refractivity contribution is 5.81. The van der Waals surface area contributed by atoms with Crippen molar-refractivity contribution in [1.29, 1.82) is 0 Å². The molecule has 4 rings (SSSR count). The molecule has 1 aromatic carbocycles. The first-order valence-corrected chi connectivity index (χ1v) is 9.29. The van der Waals surface area contributed by atoms with Crippen molar-refractivity contribution in [2.24, 2.45) is 13.0 Å². The second-order valence-electron chi connectivity index (χ2n) is 7.39. The van der Waals surface area contributed by atoms with Crippen LogP contribution in [0.15, 0.2) is 42.7 Å². The van der Waals surface area contributed by atoms with E-state index in [0.717, 1.165) is 24.2 Å². The number of rotatable bonds is 3. The fourth-order valence-corrected chi connectivity index (χ4v) is 4.07. The zero-order valence-electron chi connectivity index (χ0n) is 15.3. The fourth-order valence-electron chi connectivity index (χ4n) is 4.07. The first-order valence-electron chi connectivity index (χ1n) is 9.29. The molecule has 0 radical (unpaired) electrons. The largest absolute Gasteiger partial charge is 0.370 e. The van der Waals surface area contributed by atoms with Crippen LogP contribution in [0.25, 0.3) is 0 Å². The lowest BCUT2D eigenvalue weighted by atomic mass is 9.89. The number of ether oxygens (including phenoxy) is 1. The van der Waals surface area contributed by atoms with Crippen LogP contribution in [0.3, 0.4) is 0 Å². The van der Waals surface area contributed by atoms with Crippen LogP contribution in [0, 0.1) is 5.92 Å². The van der Waals surface area contributed by atoms with Gasteiger partial charge in [-0.1, -0.05) is 30.3 Å². The van der Waals surface area contributed by atoms with Gasteiger partial charge in [0.05, 0.1) is 31.3 Å². The van der Waals surface area contributed by atoms with Crippen LogP contribution < -0.4 is 5.32 Å². The van der Waals surface area contributed by atoms with Crippen molar-refractivity contribution in [2.45, 2.75) is 25.0 Å². The lowest BCUT2D eigenvalue weighted by Crippen LogP contribution is -2.51. The number of carbonyl (C=O) groups is 1. The molecule has 26 heavy (non-hydrogen) atoms. The van der Waals surface area contributed by atoms with E-state index in [0.29, 0.717) is 13.2 Å². The van der Waals surface area contributed by atoms with Gasteiger partial charge in [0.15, 0.2) is 0 Å². The van der Waals surface area contributed by atoms with Gasteiger partial charge in [-0.2, -0.15) is 5.10 Å². The van der Waals surface area contributed by atoms with Crippen molar-refractivity contribution in [1.82, 2.24) is 20.0 Å². The second kappa shape index (κ2) is 7.21. The zero-order valence-corrected chi connectivity index (χ0v) is 15.3. The van der Waals surface area contributed by atoms with Gasteiger partial charge in [0, 0.05) is 32.3 Å². The summed E-state index contributed by atoms with van der Waals surface area (Å²) in [6.07, 6.45) is 3.85. The summed E-state index contributed by atoms with van der Waals surface area (Å²) in [6, 6.07) is 10.3. The summed E-state index contributed by atoms with van der Waals surface area (Å²) in [4.78, 5) is 15.4. The molecule has 1 amide bonds. The summed E-state index contributed by atoms with van der Waals surface area (Å²) in [5.41, 5.74) is 2.27. The molecule has 2 aliphatic rings. The molecular formula is C20H26N4O2. The Kier molecular flexibility index (Phi) is 4.78. The van der Waals surface area contributed by atoms with Crippen molar-refractivity contribution in [3.63, 3.8) is 0 Å². The van der Waals surface area contributed by atoms with Gasteiger partial charge in [0.2, 0.25) is 5.91 Å². The van der Waals surface area contributed by atoms with Crippen molar-refractivity contribution >= 4 is 5.91 Å². The maximum absolute atomic E-state index is 13.4. The molecule has 2 aliphatic heterocycles. The van der Waals surface area contributed by atoms with Gasteiger partial charge in [-0.15, -0.1) is 0 Å². The third-order valence-electron chi connectivity index (χ3n) is 5.57. The number of aromatic nitrogens is 2. The molecule has 2 unspecified atom stereocenters. The van der Waals surface area contributed by atoms with Crippen LogP contribution in [0.1, 0.15) is 30.1 Å². The standard InChI is InChI=1S/C20H26N4O2/c1-14-13-26-19(15-6-4-3-5-7-15)12-24(14)20(25)18-10-21-9-17(18)16-8-22-23(2)11-16/h3-8,11,14,17-19,21H,9-10,12-13H2,1-2H3/t14?,17-,18+,19?/m1/s1. The van der Waals surface area contributed by atoms with E-state index in [-0.39, 0.29) is 29.9 Å². The quantitative estimate of drug-likeness (QED) is 0.912. The Balaban J connectivity index is 1.52. The van der Waals surface area contributed by atoms with Gasteiger partial charge in [0.1, 0.15) is 6.10 Å². The molecule has 3 heterocycles. The smallest absolute Gasteiger partial charge is 0.228 e. The summed E-state index contributed by atoms with van der Waals surface area (Å²) in [5.74, 6) is 0.359. The minimum absolute atomic E-state index is 0.0452. The lowest BCUT2D eigenvalue weighted by Gasteiger charge is -2.40. The van der Waals surface area contributed by atoms with E-state index in [1.165, 1.54) is 0 Å². The minimum Gasteiger partial charge on any atom is -0.370 e. The summed E-state index contributed by atoms with van der Waals surface area (Å²) >= 11 is 0. The monoisotopic (exact) mass is 354 g/mol. The first-order chi connectivity index (χ1) is 12.6. The second-order valence-corrected chi connectivity index (χ2v) is 7.39. The van der Waals surface area contributed by atoms with Crippen LogP contribution in [-0.4, -0.2) is 52.9 Å². The van der Waals surface area contributed by atoms with Crippen molar-refractivity contribution in [3.05, 3.63) is 53.9 Å². The highest BCUT2D eigenvalue weighted by atomic mass is 16.5. The van der Waals surface area contributed by atoms with Crippen LogP contribution in [-0.2, 0) is 16.6 Å². The van der Waals surface area contributed by atoms with Gasteiger partial charge < -0.3 is 15.0 Å². The summed E-state index contributed by atoms with van der Waals surface area (Å²) in [7, 11) is 1.91. The number of nitrogens with zero attached hydrogens (tertiary/aromatic N) is 3. The van der Waals surface area contributed by atoms with E-state index in [2.05, 4.69) is 29.5 Å². The van der Waals surface area contributed by atoms with Crippen molar-refractivity contribution in [2.75, 3.05) is 26.2 Å². The Morgan fingerprint density at radius 3 is 2.77 bits per heavy atom. The van der Waals surface area contributed by atoms with E-state index in [1.807, 2.05) is 42.5 Å². The maximum atomic E-state index is 13.4. The van der Waals surface area contributed by atoms with Crippen LogP contribution in [0.2, 0.25) is 0 Å². The van der Waals surface area contributed by atoms with E-state index < -0.39 is 0 Å². The Bertz CT molecular complexity index is 760. The molecule has 4 atom stereocenters. The molecular weight excluding hydrogens is 328 g/mol. The Morgan fingerprint density at radius 2 is 2.04 bits per heavy atom. The lowest BCUT2D eigenvalue weighted by molar-refractivity contribution is -0.148. The fraction of sp³-hybridized carbons (Fsp3) is 0.500. The average molecular weight is 354 g/mol. The highest BCUT2D eigenvalue weighted by Gasteiger charge is 2.40. The molecule has 0 bridgehead atoms. The number of amides is 1. The summed E-state index contributed by atoms with van der Waals surface area (Å²) < 4.78 is 7.81. The number of carbonyl (C=O) groups excluding carboxylic acids is 1. The molecule has 0 spiro atoms. The molecule has 138 valence electrons. The normalized spacial score (nSPS) is 29.1. The third-order valence-corrected chi connectivity index (χ3v) is 5.57. The molecule has 6 heteroatoms. The van der Waals surface area contributed by atoms with E-state index in [9.17, 15) is 4.79 Å². The molecule has 2 aromatic rings. The van der Waals surface area contributed by atoms with Gasteiger partial charge in [-0.3, -0.25) is 9.48 Å². The maximum Gasteiger partial charge on any atom is 0.228 e. The van der Waals surface area contributed by atoms with E-state index in [1.54, 1.807) is 4.68 Å². The van der Waals surface area contributed by atoms with E-state index in [4.69, 9.17) is 4.74 Å². The predicted molar refractivity (Wildman–Crippen MR) is 98.6 cm³/mol. The van der Waals surface area contributed by atoms with Gasteiger partial charge >= 0.3 is 0 Å². The van der Waals surface area contributed by atoms with Crippen molar-refractivity contribution in [3.8, 4) is 0 Å². The topological polar surface area (TPSA) is 59.4 Å². The number of nitrogens with one attached hydrogen (secondary N) is 1. The van der Waals surface area contributed by atoms with Gasteiger partial charge in [-0.05, 0) is 18.1 Å².